The van der Waals surface area contributed by atoms with E-state index in [9.17, 15) is 9.18 Å². The number of aromatic nitrogens is 1. The molecule has 3 rings (SSSR count). The minimum Gasteiger partial charge on any atom is -0.273 e. The van der Waals surface area contributed by atoms with Gasteiger partial charge < -0.3 is 0 Å². The van der Waals surface area contributed by atoms with E-state index in [1.807, 2.05) is 5.38 Å². The predicted octanol–water partition coefficient (Wildman–Crippen LogP) is 3.06. The van der Waals surface area contributed by atoms with Crippen molar-refractivity contribution in [3.8, 4) is 0 Å². The van der Waals surface area contributed by atoms with Gasteiger partial charge in [-0.2, -0.15) is 0 Å². The molecule has 0 N–H and O–H groups in total. The smallest absolute Gasteiger partial charge is 0.240 e. The Hall–Kier alpha value is -1.40. The van der Waals surface area contributed by atoms with Gasteiger partial charge >= 0.3 is 0 Å². The Morgan fingerprint density at radius 2 is 2.22 bits per heavy atom. The SMILES string of the molecule is O=C1CSC(c2ccccc2F)N1c1nccs1. The van der Waals surface area contributed by atoms with Gasteiger partial charge in [0.15, 0.2) is 5.13 Å². The van der Waals surface area contributed by atoms with Crippen molar-refractivity contribution >= 4 is 34.1 Å². The van der Waals surface area contributed by atoms with Gasteiger partial charge in [-0.3, -0.25) is 9.69 Å². The van der Waals surface area contributed by atoms with Crippen LogP contribution in [0, 0.1) is 5.82 Å². The van der Waals surface area contributed by atoms with Crippen LogP contribution < -0.4 is 4.90 Å². The molecule has 6 heteroatoms. The average Bonchev–Trinajstić information content (AvgIpc) is 2.98. The molecule has 1 aromatic carbocycles. The molecule has 1 amide bonds. The van der Waals surface area contributed by atoms with Crippen LogP contribution in [0.1, 0.15) is 10.9 Å². The van der Waals surface area contributed by atoms with Crippen molar-refractivity contribution in [2.24, 2.45) is 0 Å². The largest absolute Gasteiger partial charge is 0.273 e. The van der Waals surface area contributed by atoms with Crippen molar-refractivity contribution in [3.63, 3.8) is 0 Å². The molecule has 0 radical (unpaired) electrons. The summed E-state index contributed by atoms with van der Waals surface area (Å²) in [6, 6.07) is 6.56. The Bertz CT molecular complexity index is 573. The molecular formula is C12H9FN2OS2. The number of rotatable bonds is 2. The zero-order chi connectivity index (χ0) is 12.5. The monoisotopic (exact) mass is 280 g/mol. The Labute approximate surface area is 112 Å². The van der Waals surface area contributed by atoms with Gasteiger partial charge in [0.2, 0.25) is 5.91 Å². The van der Waals surface area contributed by atoms with E-state index in [-0.39, 0.29) is 17.1 Å². The molecular weight excluding hydrogens is 271 g/mol. The number of thiazole rings is 1. The highest BCUT2D eigenvalue weighted by Crippen LogP contribution is 2.42. The maximum absolute atomic E-state index is 13.8. The quantitative estimate of drug-likeness (QED) is 0.847. The topological polar surface area (TPSA) is 33.2 Å². The summed E-state index contributed by atoms with van der Waals surface area (Å²) in [7, 11) is 0. The maximum Gasteiger partial charge on any atom is 0.240 e. The molecule has 3 nitrogen and oxygen atoms in total. The summed E-state index contributed by atoms with van der Waals surface area (Å²) in [5, 5.41) is 2.12. The summed E-state index contributed by atoms with van der Waals surface area (Å²) in [4.78, 5) is 17.6. The number of anilines is 1. The molecule has 1 unspecified atom stereocenters. The van der Waals surface area contributed by atoms with Crippen molar-refractivity contribution < 1.29 is 9.18 Å². The molecule has 18 heavy (non-hydrogen) atoms. The highest BCUT2D eigenvalue weighted by Gasteiger charge is 2.36. The van der Waals surface area contributed by atoms with E-state index in [1.54, 1.807) is 29.3 Å². The number of halogens is 1. The fourth-order valence-corrected chi connectivity index (χ4v) is 3.80. The first-order chi connectivity index (χ1) is 8.77. The molecule has 0 spiro atoms. The zero-order valence-electron chi connectivity index (χ0n) is 9.25. The van der Waals surface area contributed by atoms with Crippen LogP contribution >= 0.6 is 23.1 Å². The summed E-state index contributed by atoms with van der Waals surface area (Å²) in [5.74, 6) is 0.0490. The second-order valence-corrected chi connectivity index (χ2v) is 5.70. The summed E-state index contributed by atoms with van der Waals surface area (Å²) < 4.78 is 13.8. The van der Waals surface area contributed by atoms with E-state index in [2.05, 4.69) is 4.98 Å². The van der Waals surface area contributed by atoms with E-state index in [1.165, 1.54) is 29.2 Å². The van der Waals surface area contributed by atoms with Crippen molar-refractivity contribution in [1.29, 1.82) is 0 Å². The van der Waals surface area contributed by atoms with Crippen LogP contribution in [0.3, 0.4) is 0 Å². The third-order valence-electron chi connectivity index (χ3n) is 2.66. The molecule has 2 heterocycles. The standard InChI is InChI=1S/C12H9FN2OS2/c13-9-4-2-1-3-8(9)11-15(10(16)7-18-11)12-14-5-6-17-12/h1-6,11H,7H2. The van der Waals surface area contributed by atoms with Gasteiger partial charge in [-0.15, -0.1) is 23.1 Å². The van der Waals surface area contributed by atoms with Gasteiger partial charge in [0.25, 0.3) is 0 Å². The first-order valence-electron chi connectivity index (χ1n) is 5.35. The molecule has 0 aliphatic carbocycles. The normalized spacial score (nSPS) is 19.5. The molecule has 1 aliphatic heterocycles. The van der Waals surface area contributed by atoms with E-state index < -0.39 is 0 Å². The minimum absolute atomic E-state index is 0.0248. The molecule has 1 aromatic heterocycles. The summed E-state index contributed by atoms with van der Waals surface area (Å²) in [5.41, 5.74) is 0.531. The van der Waals surface area contributed by atoms with E-state index >= 15 is 0 Å². The van der Waals surface area contributed by atoms with Crippen LogP contribution in [0.2, 0.25) is 0 Å². The minimum atomic E-state index is -0.315. The fourth-order valence-electron chi connectivity index (χ4n) is 1.87. The lowest BCUT2D eigenvalue weighted by molar-refractivity contribution is -0.115. The van der Waals surface area contributed by atoms with E-state index in [0.29, 0.717) is 16.4 Å². The number of nitrogens with zero attached hydrogens (tertiary/aromatic N) is 2. The Balaban J connectivity index is 2.02. The molecule has 92 valence electrons. The van der Waals surface area contributed by atoms with Crippen LogP contribution in [0.25, 0.3) is 0 Å². The van der Waals surface area contributed by atoms with Gasteiger partial charge in [0.05, 0.1) is 5.75 Å². The number of hydrogen-bond acceptors (Lipinski definition) is 4. The van der Waals surface area contributed by atoms with Crippen LogP contribution in [-0.2, 0) is 4.79 Å². The summed E-state index contributed by atoms with van der Waals surface area (Å²) in [6.07, 6.45) is 1.65. The maximum atomic E-state index is 13.8. The molecule has 0 saturated carbocycles. The highest BCUT2D eigenvalue weighted by molar-refractivity contribution is 8.00. The Morgan fingerprint density at radius 1 is 1.39 bits per heavy atom. The third kappa shape index (κ3) is 1.91. The van der Waals surface area contributed by atoms with E-state index in [4.69, 9.17) is 0 Å². The highest BCUT2D eigenvalue weighted by atomic mass is 32.2. The van der Waals surface area contributed by atoms with Crippen LogP contribution in [0.15, 0.2) is 35.8 Å². The average molecular weight is 280 g/mol. The third-order valence-corrected chi connectivity index (χ3v) is 4.63. The second-order valence-electron chi connectivity index (χ2n) is 3.76. The molecule has 2 aromatic rings. The van der Waals surface area contributed by atoms with Crippen molar-refractivity contribution in [2.45, 2.75) is 5.37 Å². The zero-order valence-corrected chi connectivity index (χ0v) is 10.9. The van der Waals surface area contributed by atoms with Gasteiger partial charge in [-0.25, -0.2) is 9.37 Å². The van der Waals surface area contributed by atoms with Crippen molar-refractivity contribution in [1.82, 2.24) is 4.98 Å². The lowest BCUT2D eigenvalue weighted by Crippen LogP contribution is -2.28. The number of hydrogen-bond donors (Lipinski definition) is 0. The van der Waals surface area contributed by atoms with Crippen molar-refractivity contribution in [2.75, 3.05) is 10.7 Å². The molecule has 1 saturated heterocycles. The number of thioether (sulfide) groups is 1. The number of carbonyl (C=O) groups excluding carboxylic acids is 1. The fraction of sp³-hybridized carbons (Fsp3) is 0.167. The number of benzene rings is 1. The van der Waals surface area contributed by atoms with Gasteiger partial charge in [-0.05, 0) is 6.07 Å². The molecule has 1 aliphatic rings. The van der Waals surface area contributed by atoms with Crippen LogP contribution in [0.5, 0.6) is 0 Å². The van der Waals surface area contributed by atoms with Gasteiger partial charge in [0, 0.05) is 17.1 Å². The molecule has 0 bridgehead atoms. The number of amides is 1. The predicted molar refractivity (Wildman–Crippen MR) is 71.2 cm³/mol. The Kier molecular flexibility index (Phi) is 3.05. The number of carbonyl (C=O) groups is 1. The Morgan fingerprint density at radius 3 is 2.94 bits per heavy atom. The second kappa shape index (κ2) is 4.70. The van der Waals surface area contributed by atoms with Crippen LogP contribution in [-0.4, -0.2) is 16.6 Å². The summed E-state index contributed by atoms with van der Waals surface area (Å²) >= 11 is 2.81. The molecule has 1 atom stereocenters. The lowest BCUT2D eigenvalue weighted by Gasteiger charge is -2.21. The van der Waals surface area contributed by atoms with Crippen LogP contribution in [0.4, 0.5) is 9.52 Å². The first kappa shape index (κ1) is 11.7. The molecule has 1 fully saturated rings. The van der Waals surface area contributed by atoms with Crippen molar-refractivity contribution in [3.05, 3.63) is 47.2 Å². The van der Waals surface area contributed by atoms with Gasteiger partial charge in [0.1, 0.15) is 11.2 Å². The first-order valence-corrected chi connectivity index (χ1v) is 7.28. The lowest BCUT2D eigenvalue weighted by atomic mass is 10.2. The van der Waals surface area contributed by atoms with E-state index in [0.717, 1.165) is 0 Å². The summed E-state index contributed by atoms with van der Waals surface area (Å²) in [6.45, 7) is 0. The van der Waals surface area contributed by atoms with Gasteiger partial charge in [-0.1, -0.05) is 18.2 Å².